The Labute approximate surface area is 169 Å². The number of aromatic nitrogens is 1. The highest BCUT2D eigenvalue weighted by Crippen LogP contribution is 2.30. The topological polar surface area (TPSA) is 53.5 Å². The molecule has 0 fully saturated rings. The molecule has 0 bridgehead atoms. The summed E-state index contributed by atoms with van der Waals surface area (Å²) in [6.45, 7) is 1.32. The Hall–Kier alpha value is -3.47. The number of amides is 2. The van der Waals surface area contributed by atoms with Crippen LogP contribution in [-0.2, 0) is 12.8 Å². The first-order valence-electron chi connectivity index (χ1n) is 9.98. The van der Waals surface area contributed by atoms with E-state index in [2.05, 4.69) is 11.1 Å². The molecule has 2 aromatic carbocycles. The summed E-state index contributed by atoms with van der Waals surface area (Å²) >= 11 is 0. The average molecular weight is 383 g/mol. The van der Waals surface area contributed by atoms with Crippen LogP contribution < -0.4 is 9.80 Å². The Kier molecular flexibility index (Phi) is 4.35. The van der Waals surface area contributed by atoms with E-state index in [1.807, 2.05) is 47.4 Å². The SMILES string of the molecule is O=C(c1ccnc(C(=O)N2CCc3ccccc32)c1)N1CCCc2ccccc21. The van der Waals surface area contributed by atoms with E-state index in [0.717, 1.165) is 36.2 Å². The summed E-state index contributed by atoms with van der Waals surface area (Å²) < 4.78 is 0. The molecule has 1 aromatic heterocycles. The molecule has 5 heteroatoms. The second kappa shape index (κ2) is 7.17. The number of carbonyl (C=O) groups is 2. The van der Waals surface area contributed by atoms with Crippen LogP contribution in [0, 0.1) is 0 Å². The monoisotopic (exact) mass is 383 g/mol. The Morgan fingerprint density at radius 3 is 2.17 bits per heavy atom. The first kappa shape index (κ1) is 17.6. The van der Waals surface area contributed by atoms with Crippen LogP contribution in [0.3, 0.4) is 0 Å². The molecular formula is C24H21N3O2. The Morgan fingerprint density at radius 2 is 1.41 bits per heavy atom. The van der Waals surface area contributed by atoms with Crippen LogP contribution >= 0.6 is 0 Å². The lowest BCUT2D eigenvalue weighted by atomic mass is 10.0. The zero-order valence-corrected chi connectivity index (χ0v) is 16.0. The maximum Gasteiger partial charge on any atom is 0.276 e. The van der Waals surface area contributed by atoms with E-state index in [0.29, 0.717) is 24.3 Å². The van der Waals surface area contributed by atoms with Crippen molar-refractivity contribution in [2.75, 3.05) is 22.9 Å². The lowest BCUT2D eigenvalue weighted by molar-refractivity contribution is 0.0984. The summed E-state index contributed by atoms with van der Waals surface area (Å²) in [5.74, 6) is -0.251. The predicted molar refractivity (Wildman–Crippen MR) is 112 cm³/mol. The molecule has 0 saturated heterocycles. The highest BCUT2D eigenvalue weighted by atomic mass is 16.2. The van der Waals surface area contributed by atoms with Gasteiger partial charge in [-0.15, -0.1) is 0 Å². The summed E-state index contributed by atoms with van der Waals surface area (Å²) in [5, 5.41) is 0. The van der Waals surface area contributed by atoms with Crippen molar-refractivity contribution in [3.05, 3.63) is 89.2 Å². The fourth-order valence-electron chi connectivity index (χ4n) is 4.27. The molecule has 29 heavy (non-hydrogen) atoms. The van der Waals surface area contributed by atoms with Gasteiger partial charge in [0.15, 0.2) is 0 Å². The van der Waals surface area contributed by atoms with E-state index < -0.39 is 0 Å². The predicted octanol–water partition coefficient (Wildman–Crippen LogP) is 3.88. The maximum atomic E-state index is 13.2. The normalized spacial score (nSPS) is 15.0. The molecule has 0 spiro atoms. The minimum absolute atomic E-state index is 0.0876. The van der Waals surface area contributed by atoms with Crippen LogP contribution in [0.5, 0.6) is 0 Å². The molecule has 144 valence electrons. The summed E-state index contributed by atoms with van der Waals surface area (Å²) in [7, 11) is 0. The molecule has 0 N–H and O–H groups in total. The second-order valence-corrected chi connectivity index (χ2v) is 7.45. The van der Waals surface area contributed by atoms with Crippen molar-refractivity contribution < 1.29 is 9.59 Å². The third kappa shape index (κ3) is 3.09. The van der Waals surface area contributed by atoms with Gasteiger partial charge in [0.2, 0.25) is 0 Å². The number of hydrogen-bond acceptors (Lipinski definition) is 3. The van der Waals surface area contributed by atoms with Gasteiger partial charge in [-0.05, 0) is 54.7 Å². The minimum atomic E-state index is -0.163. The molecule has 2 aliphatic rings. The zero-order valence-electron chi connectivity index (χ0n) is 16.0. The first-order chi connectivity index (χ1) is 14.2. The molecule has 0 saturated carbocycles. The van der Waals surface area contributed by atoms with Crippen LogP contribution in [0.2, 0.25) is 0 Å². The van der Waals surface area contributed by atoms with E-state index in [1.54, 1.807) is 23.2 Å². The highest BCUT2D eigenvalue weighted by molar-refractivity contribution is 6.10. The van der Waals surface area contributed by atoms with Gasteiger partial charge < -0.3 is 9.80 Å². The van der Waals surface area contributed by atoms with Crippen LogP contribution in [-0.4, -0.2) is 29.9 Å². The third-order valence-corrected chi connectivity index (χ3v) is 5.71. The highest BCUT2D eigenvalue weighted by Gasteiger charge is 2.28. The van der Waals surface area contributed by atoms with E-state index in [1.165, 1.54) is 5.56 Å². The molecule has 5 rings (SSSR count). The number of para-hydroxylation sites is 2. The van der Waals surface area contributed by atoms with E-state index in [-0.39, 0.29) is 11.8 Å². The van der Waals surface area contributed by atoms with Gasteiger partial charge in [-0.1, -0.05) is 36.4 Å². The zero-order chi connectivity index (χ0) is 19.8. The van der Waals surface area contributed by atoms with E-state index >= 15 is 0 Å². The number of anilines is 2. The van der Waals surface area contributed by atoms with Gasteiger partial charge in [-0.3, -0.25) is 14.6 Å². The second-order valence-electron chi connectivity index (χ2n) is 7.45. The van der Waals surface area contributed by atoms with Crippen molar-refractivity contribution in [2.24, 2.45) is 0 Å². The van der Waals surface area contributed by atoms with Gasteiger partial charge in [0, 0.05) is 36.2 Å². The summed E-state index contributed by atoms with van der Waals surface area (Å²) in [5.41, 5.74) is 5.04. The maximum absolute atomic E-state index is 13.2. The molecule has 0 aliphatic carbocycles. The Morgan fingerprint density at radius 1 is 0.759 bits per heavy atom. The molecule has 3 heterocycles. The molecule has 0 unspecified atom stereocenters. The number of benzene rings is 2. The third-order valence-electron chi connectivity index (χ3n) is 5.71. The van der Waals surface area contributed by atoms with Gasteiger partial charge in [-0.25, -0.2) is 0 Å². The minimum Gasteiger partial charge on any atom is -0.308 e. The number of aryl methyl sites for hydroxylation is 1. The van der Waals surface area contributed by atoms with Crippen LogP contribution in [0.25, 0.3) is 0 Å². The quantitative estimate of drug-likeness (QED) is 0.675. The van der Waals surface area contributed by atoms with Crippen LogP contribution in [0.1, 0.15) is 38.4 Å². The fraction of sp³-hybridized carbons (Fsp3) is 0.208. The molecule has 0 radical (unpaired) electrons. The van der Waals surface area contributed by atoms with Crippen molar-refractivity contribution in [1.82, 2.24) is 4.98 Å². The van der Waals surface area contributed by atoms with Gasteiger partial charge >= 0.3 is 0 Å². The van der Waals surface area contributed by atoms with Crippen molar-refractivity contribution in [1.29, 1.82) is 0 Å². The summed E-state index contributed by atoms with van der Waals surface area (Å²) in [6.07, 6.45) is 4.31. The number of carbonyl (C=O) groups excluding carboxylic acids is 2. The molecule has 2 aliphatic heterocycles. The lowest BCUT2D eigenvalue weighted by Crippen LogP contribution is -2.36. The van der Waals surface area contributed by atoms with Gasteiger partial charge in [0.1, 0.15) is 5.69 Å². The molecule has 0 atom stereocenters. The molecule has 3 aromatic rings. The van der Waals surface area contributed by atoms with Crippen molar-refractivity contribution in [3.8, 4) is 0 Å². The number of nitrogens with zero attached hydrogens (tertiary/aromatic N) is 3. The lowest BCUT2D eigenvalue weighted by Gasteiger charge is -2.29. The van der Waals surface area contributed by atoms with Crippen LogP contribution in [0.15, 0.2) is 66.9 Å². The van der Waals surface area contributed by atoms with Crippen molar-refractivity contribution >= 4 is 23.2 Å². The smallest absolute Gasteiger partial charge is 0.276 e. The average Bonchev–Trinajstić information content (AvgIpc) is 3.22. The number of pyridine rings is 1. The van der Waals surface area contributed by atoms with E-state index in [9.17, 15) is 9.59 Å². The number of fused-ring (bicyclic) bond motifs is 2. The molecular weight excluding hydrogens is 362 g/mol. The Balaban J connectivity index is 1.44. The number of rotatable bonds is 2. The summed E-state index contributed by atoms with van der Waals surface area (Å²) in [6, 6.07) is 19.3. The van der Waals surface area contributed by atoms with Gasteiger partial charge in [0.05, 0.1) is 0 Å². The summed E-state index contributed by atoms with van der Waals surface area (Å²) in [4.78, 5) is 34.2. The molecule has 2 amide bonds. The van der Waals surface area contributed by atoms with Gasteiger partial charge in [-0.2, -0.15) is 0 Å². The van der Waals surface area contributed by atoms with Crippen molar-refractivity contribution in [2.45, 2.75) is 19.3 Å². The first-order valence-corrected chi connectivity index (χ1v) is 9.98. The molecule has 5 nitrogen and oxygen atoms in total. The Bertz CT molecular complexity index is 1110. The number of hydrogen-bond donors (Lipinski definition) is 0. The standard InChI is InChI=1S/C24H21N3O2/c28-23(26-14-5-8-17-6-1-3-9-21(17)26)19-11-13-25-20(16-19)24(29)27-15-12-18-7-2-4-10-22(18)27/h1-4,6-7,9-11,13,16H,5,8,12,14-15H2. The largest absolute Gasteiger partial charge is 0.308 e. The van der Waals surface area contributed by atoms with Crippen molar-refractivity contribution in [3.63, 3.8) is 0 Å². The van der Waals surface area contributed by atoms with E-state index in [4.69, 9.17) is 0 Å². The fourth-order valence-corrected chi connectivity index (χ4v) is 4.27. The van der Waals surface area contributed by atoms with Gasteiger partial charge in [0.25, 0.3) is 11.8 Å². The van der Waals surface area contributed by atoms with Crippen LogP contribution in [0.4, 0.5) is 11.4 Å².